The van der Waals surface area contributed by atoms with E-state index in [1.165, 1.54) is 11.1 Å². The molecule has 4 nitrogen and oxygen atoms in total. The molecule has 2 N–H and O–H groups in total. The minimum Gasteiger partial charge on any atom is -0.480 e. The van der Waals surface area contributed by atoms with E-state index in [-0.39, 0.29) is 5.54 Å². The molecule has 1 aliphatic heterocycles. The lowest BCUT2D eigenvalue weighted by molar-refractivity contribution is -0.138. The molecule has 4 heteroatoms. The Morgan fingerprint density at radius 1 is 1.35 bits per heavy atom. The minimum absolute atomic E-state index is 0.0897. The van der Waals surface area contributed by atoms with E-state index in [2.05, 4.69) is 50.0 Å². The van der Waals surface area contributed by atoms with Gasteiger partial charge in [-0.2, -0.15) is 0 Å². The largest absolute Gasteiger partial charge is 0.480 e. The van der Waals surface area contributed by atoms with Crippen LogP contribution in [0.3, 0.4) is 0 Å². The molecule has 1 aromatic rings. The molecular weight excluding hydrogens is 288 g/mol. The first-order valence-electron chi connectivity index (χ1n) is 8.70. The molecule has 0 radical (unpaired) electrons. The van der Waals surface area contributed by atoms with Crippen LogP contribution in [0.15, 0.2) is 12.1 Å². The van der Waals surface area contributed by atoms with Crippen molar-refractivity contribution in [1.29, 1.82) is 0 Å². The van der Waals surface area contributed by atoms with Gasteiger partial charge in [-0.15, -0.1) is 0 Å². The number of hydrogen-bond donors (Lipinski definition) is 2. The molecule has 0 saturated carbocycles. The third kappa shape index (κ3) is 3.62. The summed E-state index contributed by atoms with van der Waals surface area (Å²) in [5.74, 6) is -0.739. The molecule has 0 fully saturated rings. The number of unbranched alkanes of at least 4 members (excludes halogenated alkanes) is 1. The van der Waals surface area contributed by atoms with Crippen molar-refractivity contribution in [2.45, 2.75) is 71.9 Å². The lowest BCUT2D eigenvalue weighted by Gasteiger charge is -2.46. The van der Waals surface area contributed by atoms with E-state index in [0.29, 0.717) is 6.42 Å². The summed E-state index contributed by atoms with van der Waals surface area (Å²) in [6.45, 7) is 11.3. The number of fused-ring (bicyclic) bond motifs is 1. The zero-order chi connectivity index (χ0) is 17.2. The summed E-state index contributed by atoms with van der Waals surface area (Å²) in [5, 5.41) is 13.3. The molecule has 0 aliphatic carbocycles. The summed E-state index contributed by atoms with van der Waals surface area (Å²) < 4.78 is 0. The van der Waals surface area contributed by atoms with Gasteiger partial charge >= 0.3 is 5.97 Å². The number of nitrogens with zero attached hydrogens (tertiary/aromatic N) is 1. The molecule has 0 aromatic heterocycles. The Labute approximate surface area is 139 Å². The van der Waals surface area contributed by atoms with Crippen molar-refractivity contribution in [1.82, 2.24) is 0 Å². The normalized spacial score (nSPS) is 21.5. The van der Waals surface area contributed by atoms with Gasteiger partial charge in [0.15, 0.2) is 0 Å². The molecule has 1 aromatic carbocycles. The molecule has 0 spiro atoms. The van der Waals surface area contributed by atoms with E-state index in [9.17, 15) is 9.90 Å². The highest BCUT2D eigenvalue weighted by atomic mass is 16.4. The fourth-order valence-electron chi connectivity index (χ4n) is 3.48. The van der Waals surface area contributed by atoms with Crippen LogP contribution in [-0.2, 0) is 4.79 Å². The van der Waals surface area contributed by atoms with Crippen LogP contribution in [0, 0.1) is 13.8 Å². The number of anilines is 2. The van der Waals surface area contributed by atoms with Gasteiger partial charge in [-0.25, -0.2) is 4.79 Å². The van der Waals surface area contributed by atoms with Crippen molar-refractivity contribution in [2.75, 3.05) is 16.8 Å². The maximum Gasteiger partial charge on any atom is 0.326 e. The smallest absolute Gasteiger partial charge is 0.326 e. The van der Waals surface area contributed by atoms with Crippen LogP contribution in [0.2, 0.25) is 0 Å². The van der Waals surface area contributed by atoms with E-state index in [4.69, 9.17) is 0 Å². The molecular formula is C19H30N2O2. The Hall–Kier alpha value is -1.71. The van der Waals surface area contributed by atoms with Gasteiger partial charge in [0.05, 0.1) is 16.9 Å². The van der Waals surface area contributed by atoms with Gasteiger partial charge in [-0.05, 0) is 56.9 Å². The zero-order valence-corrected chi connectivity index (χ0v) is 15.1. The number of nitrogens with one attached hydrogen (secondary N) is 1. The van der Waals surface area contributed by atoms with Gasteiger partial charge in [0, 0.05) is 6.54 Å². The average Bonchev–Trinajstić information content (AvgIpc) is 2.47. The van der Waals surface area contributed by atoms with Crippen LogP contribution in [0.5, 0.6) is 0 Å². The van der Waals surface area contributed by atoms with Gasteiger partial charge in [-0.1, -0.05) is 26.7 Å². The quantitative estimate of drug-likeness (QED) is 0.819. The Morgan fingerprint density at radius 2 is 2.00 bits per heavy atom. The van der Waals surface area contributed by atoms with Crippen LogP contribution in [-0.4, -0.2) is 29.2 Å². The van der Waals surface area contributed by atoms with E-state index < -0.39 is 12.0 Å². The summed E-state index contributed by atoms with van der Waals surface area (Å²) >= 11 is 0. The monoisotopic (exact) mass is 318 g/mol. The summed E-state index contributed by atoms with van der Waals surface area (Å²) in [6, 6.07) is 3.82. The number of benzene rings is 1. The van der Waals surface area contributed by atoms with Gasteiger partial charge in [0.1, 0.15) is 6.04 Å². The number of carbonyl (C=O) groups is 1. The fraction of sp³-hybridized carbons (Fsp3) is 0.632. The van der Waals surface area contributed by atoms with E-state index in [0.717, 1.165) is 37.2 Å². The second kappa shape index (κ2) is 6.81. The summed E-state index contributed by atoms with van der Waals surface area (Å²) in [5.41, 5.74) is 4.44. The molecule has 0 saturated heterocycles. The standard InChI is InChI=1S/C19H30N2O2/c1-6-8-9-19(5)12-21(16(7-2)18(22)23)17-11-14(4)13(3)10-15(17)20-19/h10-11,16,20H,6-9,12H2,1-5H3,(H,22,23). The molecule has 2 unspecified atom stereocenters. The first kappa shape index (κ1) is 17.6. The van der Waals surface area contributed by atoms with Gasteiger partial charge in [0.2, 0.25) is 0 Å². The van der Waals surface area contributed by atoms with Gasteiger partial charge in [0.25, 0.3) is 0 Å². The number of aryl methyl sites for hydroxylation is 2. The van der Waals surface area contributed by atoms with Crippen molar-refractivity contribution in [2.24, 2.45) is 0 Å². The SMILES string of the molecule is CCCCC1(C)CN(C(CC)C(=O)O)c2cc(C)c(C)cc2N1. The Balaban J connectivity index is 2.48. The zero-order valence-electron chi connectivity index (χ0n) is 15.1. The van der Waals surface area contributed by atoms with Crippen molar-refractivity contribution < 1.29 is 9.90 Å². The van der Waals surface area contributed by atoms with Crippen molar-refractivity contribution in [3.05, 3.63) is 23.3 Å². The van der Waals surface area contributed by atoms with Crippen LogP contribution >= 0.6 is 0 Å². The highest BCUT2D eigenvalue weighted by Gasteiger charge is 2.37. The second-order valence-electron chi connectivity index (χ2n) is 7.13. The minimum atomic E-state index is -0.739. The lowest BCUT2D eigenvalue weighted by atomic mass is 9.89. The molecule has 128 valence electrons. The third-order valence-corrected chi connectivity index (χ3v) is 5.01. The first-order valence-corrected chi connectivity index (χ1v) is 8.70. The summed E-state index contributed by atoms with van der Waals surface area (Å²) in [6.07, 6.45) is 3.93. The molecule has 23 heavy (non-hydrogen) atoms. The number of carboxylic acid groups (broad SMARTS) is 1. The van der Waals surface area contributed by atoms with Crippen LogP contribution < -0.4 is 10.2 Å². The van der Waals surface area contributed by atoms with E-state index in [1.54, 1.807) is 0 Å². The molecule has 1 aliphatic rings. The predicted molar refractivity (Wildman–Crippen MR) is 96.5 cm³/mol. The van der Waals surface area contributed by atoms with Gasteiger partial charge < -0.3 is 15.3 Å². The molecule has 0 amide bonds. The number of hydrogen-bond acceptors (Lipinski definition) is 3. The number of carboxylic acids is 1. The topological polar surface area (TPSA) is 52.6 Å². The highest BCUT2D eigenvalue weighted by Crippen LogP contribution is 2.39. The Kier molecular flexibility index (Phi) is 5.23. The number of aliphatic carboxylic acids is 1. The summed E-state index contributed by atoms with van der Waals surface area (Å²) in [7, 11) is 0. The lowest BCUT2D eigenvalue weighted by Crippen LogP contribution is -2.55. The maximum absolute atomic E-state index is 11.8. The molecule has 0 bridgehead atoms. The predicted octanol–water partition coefficient (Wildman–Crippen LogP) is 4.35. The van der Waals surface area contributed by atoms with Crippen LogP contribution in [0.1, 0.15) is 57.6 Å². The second-order valence-corrected chi connectivity index (χ2v) is 7.13. The van der Waals surface area contributed by atoms with Crippen molar-refractivity contribution >= 4 is 17.3 Å². The first-order chi connectivity index (χ1) is 10.8. The van der Waals surface area contributed by atoms with Crippen molar-refractivity contribution in [3.8, 4) is 0 Å². The maximum atomic E-state index is 11.8. The Bertz CT molecular complexity index is 585. The summed E-state index contributed by atoms with van der Waals surface area (Å²) in [4.78, 5) is 13.8. The third-order valence-electron chi connectivity index (χ3n) is 5.01. The fourth-order valence-corrected chi connectivity index (χ4v) is 3.48. The van der Waals surface area contributed by atoms with Gasteiger partial charge in [-0.3, -0.25) is 0 Å². The molecule has 1 heterocycles. The highest BCUT2D eigenvalue weighted by molar-refractivity contribution is 5.84. The van der Waals surface area contributed by atoms with Crippen LogP contribution in [0.4, 0.5) is 11.4 Å². The average molecular weight is 318 g/mol. The molecule has 2 atom stereocenters. The Morgan fingerprint density at radius 3 is 2.57 bits per heavy atom. The molecule has 2 rings (SSSR count). The van der Waals surface area contributed by atoms with E-state index >= 15 is 0 Å². The van der Waals surface area contributed by atoms with Crippen LogP contribution in [0.25, 0.3) is 0 Å². The van der Waals surface area contributed by atoms with E-state index in [1.807, 2.05) is 6.92 Å². The number of rotatable bonds is 6. The van der Waals surface area contributed by atoms with Crippen molar-refractivity contribution in [3.63, 3.8) is 0 Å².